The van der Waals surface area contributed by atoms with E-state index in [-0.39, 0.29) is 16.9 Å². The number of carbonyl (C=O) groups excluding carboxylic acids is 1. The zero-order valence-corrected chi connectivity index (χ0v) is 25.1. The Morgan fingerprint density at radius 1 is 0.897 bits per heavy atom. The number of aliphatic hydroxyl groups excluding tert-OH is 1. The van der Waals surface area contributed by atoms with Crippen LogP contribution in [0.25, 0.3) is 11.1 Å². The van der Waals surface area contributed by atoms with Gasteiger partial charge in [-0.1, -0.05) is 95.3 Å². The maximum absolute atomic E-state index is 11.8. The molecular formula is C35H47NO3. The highest BCUT2D eigenvalue weighted by Crippen LogP contribution is 2.41. The van der Waals surface area contributed by atoms with Crippen molar-refractivity contribution in [2.75, 3.05) is 7.11 Å². The van der Waals surface area contributed by atoms with Crippen molar-refractivity contribution in [1.29, 1.82) is 0 Å². The van der Waals surface area contributed by atoms with Gasteiger partial charge in [-0.3, -0.25) is 4.79 Å². The van der Waals surface area contributed by atoms with Crippen LogP contribution in [0.4, 0.5) is 0 Å². The van der Waals surface area contributed by atoms with Crippen LogP contribution in [0.3, 0.4) is 0 Å². The zero-order valence-electron chi connectivity index (χ0n) is 25.1. The minimum atomic E-state index is -0.777. The van der Waals surface area contributed by atoms with Crippen LogP contribution in [0.5, 0.6) is 0 Å². The summed E-state index contributed by atoms with van der Waals surface area (Å²) in [7, 11) is 1.35. The Morgan fingerprint density at radius 2 is 1.46 bits per heavy atom. The third kappa shape index (κ3) is 6.62. The third-order valence-electron chi connectivity index (χ3n) is 8.60. The summed E-state index contributed by atoms with van der Waals surface area (Å²) in [4.78, 5) is 11.8. The highest BCUT2D eigenvalue weighted by Gasteiger charge is 2.31. The van der Waals surface area contributed by atoms with Gasteiger partial charge in [0.15, 0.2) is 0 Å². The van der Waals surface area contributed by atoms with Gasteiger partial charge in [0, 0.05) is 5.41 Å². The maximum atomic E-state index is 11.8. The third-order valence-corrected chi connectivity index (χ3v) is 8.60. The molecule has 4 nitrogen and oxygen atoms in total. The Hall–Kier alpha value is -2.95. The summed E-state index contributed by atoms with van der Waals surface area (Å²) >= 11 is 0. The zero-order chi connectivity index (χ0) is 29.0. The van der Waals surface area contributed by atoms with Gasteiger partial charge in [-0.25, -0.2) is 0 Å². The second-order valence-electron chi connectivity index (χ2n) is 12.0. The molecule has 4 heteroatoms. The lowest BCUT2D eigenvalue weighted by Gasteiger charge is -2.34. The SMILES string of the molecule is CCC(CC)(c1ccc(CCC(O)C(C)(C)C)c(C)c1)c1ccc(-c2ccc(C(N)C(=O)OC)cc2)c(C)c1. The molecule has 0 aromatic heterocycles. The van der Waals surface area contributed by atoms with Gasteiger partial charge in [-0.05, 0) is 89.5 Å². The number of hydrogen-bond acceptors (Lipinski definition) is 4. The highest BCUT2D eigenvalue weighted by atomic mass is 16.5. The average molecular weight is 530 g/mol. The van der Waals surface area contributed by atoms with E-state index in [0.29, 0.717) is 0 Å². The summed E-state index contributed by atoms with van der Waals surface area (Å²) < 4.78 is 4.78. The molecule has 3 aromatic carbocycles. The van der Waals surface area contributed by atoms with E-state index in [1.165, 1.54) is 40.5 Å². The summed E-state index contributed by atoms with van der Waals surface area (Å²) in [6, 6.07) is 20.8. The van der Waals surface area contributed by atoms with Crippen LogP contribution in [0.15, 0.2) is 60.7 Å². The first-order valence-corrected chi connectivity index (χ1v) is 14.2. The van der Waals surface area contributed by atoms with Crippen LogP contribution in [0.1, 0.15) is 93.3 Å². The lowest BCUT2D eigenvalue weighted by Crippen LogP contribution is -2.27. The summed E-state index contributed by atoms with van der Waals surface area (Å²) in [6.07, 6.45) is 3.34. The Morgan fingerprint density at radius 3 is 1.95 bits per heavy atom. The Bertz CT molecular complexity index is 1270. The smallest absolute Gasteiger partial charge is 0.327 e. The van der Waals surface area contributed by atoms with Gasteiger partial charge in [0.25, 0.3) is 0 Å². The number of aliphatic hydroxyl groups is 1. The van der Waals surface area contributed by atoms with Crippen LogP contribution in [0.2, 0.25) is 0 Å². The van der Waals surface area contributed by atoms with Gasteiger partial charge >= 0.3 is 5.97 Å². The van der Waals surface area contributed by atoms with Crippen molar-refractivity contribution in [2.24, 2.45) is 11.1 Å². The van der Waals surface area contributed by atoms with Gasteiger partial charge < -0.3 is 15.6 Å². The molecular weight excluding hydrogens is 482 g/mol. The molecule has 0 fully saturated rings. The minimum absolute atomic E-state index is 0.0748. The second-order valence-corrected chi connectivity index (χ2v) is 12.0. The molecule has 2 unspecified atom stereocenters. The van der Waals surface area contributed by atoms with Crippen molar-refractivity contribution in [3.63, 3.8) is 0 Å². The van der Waals surface area contributed by atoms with E-state index >= 15 is 0 Å². The number of hydrogen-bond donors (Lipinski definition) is 2. The van der Waals surface area contributed by atoms with Gasteiger partial charge in [0.2, 0.25) is 0 Å². The number of methoxy groups -OCH3 is 1. The molecule has 0 aliphatic rings. The molecule has 0 spiro atoms. The van der Waals surface area contributed by atoms with Gasteiger partial charge in [0.05, 0.1) is 13.2 Å². The Balaban J connectivity index is 1.90. The molecule has 0 saturated heterocycles. The number of esters is 1. The van der Waals surface area contributed by atoms with E-state index in [1.807, 2.05) is 24.3 Å². The molecule has 3 aromatic rings. The molecule has 2 atom stereocenters. The standard InChI is InChI=1S/C35H47NO3/c1-9-35(10-2,28-17-15-25(23(3)21-28)16-20-31(37)34(5,6)7)29-18-19-30(24(4)22-29)26-11-13-27(14-12-26)32(36)33(38)39-8/h11-15,17-19,21-22,31-32,37H,9-10,16,20,36H2,1-8H3. The van der Waals surface area contributed by atoms with E-state index in [9.17, 15) is 9.90 Å². The molecule has 0 bridgehead atoms. The number of benzene rings is 3. The number of nitrogens with two attached hydrogens (primary N) is 1. The summed E-state index contributed by atoms with van der Waals surface area (Å²) in [6.45, 7) is 15.2. The van der Waals surface area contributed by atoms with Crippen molar-refractivity contribution in [2.45, 2.75) is 91.7 Å². The number of aryl methyl sites for hydroxylation is 3. The van der Waals surface area contributed by atoms with Crippen molar-refractivity contribution < 1.29 is 14.6 Å². The van der Waals surface area contributed by atoms with E-state index in [0.717, 1.165) is 36.8 Å². The molecule has 3 N–H and O–H groups in total. The lowest BCUT2D eigenvalue weighted by molar-refractivity contribution is -0.142. The highest BCUT2D eigenvalue weighted by molar-refractivity contribution is 5.78. The summed E-state index contributed by atoms with van der Waals surface area (Å²) in [5.41, 5.74) is 15.3. The van der Waals surface area contributed by atoms with E-state index in [4.69, 9.17) is 10.5 Å². The van der Waals surface area contributed by atoms with Crippen LogP contribution in [-0.2, 0) is 21.4 Å². The van der Waals surface area contributed by atoms with Crippen LogP contribution in [0, 0.1) is 19.3 Å². The first-order chi connectivity index (χ1) is 18.4. The fraction of sp³-hybridized carbons (Fsp3) is 0.457. The molecule has 3 rings (SSSR count). The van der Waals surface area contributed by atoms with Crippen LogP contribution >= 0.6 is 0 Å². The van der Waals surface area contributed by atoms with Gasteiger partial charge in [-0.2, -0.15) is 0 Å². The average Bonchev–Trinajstić information content (AvgIpc) is 2.92. The topological polar surface area (TPSA) is 72.5 Å². The quantitative estimate of drug-likeness (QED) is 0.265. The minimum Gasteiger partial charge on any atom is -0.468 e. The molecule has 0 aliphatic heterocycles. The van der Waals surface area contributed by atoms with Crippen LogP contribution in [-0.4, -0.2) is 24.3 Å². The molecule has 0 amide bonds. The number of rotatable bonds is 10. The maximum Gasteiger partial charge on any atom is 0.327 e. The predicted molar refractivity (Wildman–Crippen MR) is 162 cm³/mol. The van der Waals surface area contributed by atoms with Crippen molar-refractivity contribution in [3.8, 4) is 11.1 Å². The van der Waals surface area contributed by atoms with E-state index < -0.39 is 12.0 Å². The fourth-order valence-corrected chi connectivity index (χ4v) is 5.65. The second kappa shape index (κ2) is 12.5. The first-order valence-electron chi connectivity index (χ1n) is 14.2. The summed E-state index contributed by atoms with van der Waals surface area (Å²) in [5, 5.41) is 10.5. The van der Waals surface area contributed by atoms with Crippen molar-refractivity contribution in [1.82, 2.24) is 0 Å². The predicted octanol–water partition coefficient (Wildman–Crippen LogP) is 7.59. The largest absolute Gasteiger partial charge is 0.468 e. The van der Waals surface area contributed by atoms with Crippen molar-refractivity contribution in [3.05, 3.63) is 94.0 Å². The molecule has 0 aliphatic carbocycles. The Kier molecular flexibility index (Phi) is 9.79. The molecule has 0 radical (unpaired) electrons. The first kappa shape index (κ1) is 30.6. The van der Waals surface area contributed by atoms with Gasteiger partial charge in [-0.15, -0.1) is 0 Å². The van der Waals surface area contributed by atoms with Crippen molar-refractivity contribution >= 4 is 5.97 Å². The van der Waals surface area contributed by atoms with Gasteiger partial charge in [0.1, 0.15) is 6.04 Å². The van der Waals surface area contributed by atoms with Crippen LogP contribution < -0.4 is 5.73 Å². The number of ether oxygens (including phenoxy) is 1. The lowest BCUT2D eigenvalue weighted by atomic mass is 9.69. The fourth-order valence-electron chi connectivity index (χ4n) is 5.65. The molecule has 39 heavy (non-hydrogen) atoms. The summed E-state index contributed by atoms with van der Waals surface area (Å²) in [5.74, 6) is -0.440. The molecule has 0 heterocycles. The van der Waals surface area contributed by atoms with E-state index in [1.54, 1.807) is 0 Å². The Labute approximate surface area is 235 Å². The molecule has 0 saturated carbocycles. The molecule has 210 valence electrons. The van der Waals surface area contributed by atoms with E-state index in [2.05, 4.69) is 84.9 Å². The monoisotopic (exact) mass is 529 g/mol. The normalized spacial score (nSPS) is 13.7. The number of carbonyl (C=O) groups is 1.